The van der Waals surface area contributed by atoms with Crippen molar-refractivity contribution in [2.24, 2.45) is 11.8 Å². The first kappa shape index (κ1) is 34.2. The maximum Gasteiger partial charge on any atom is 0.429 e. The van der Waals surface area contributed by atoms with Crippen LogP contribution in [0, 0.1) is 46.7 Å². The third-order valence-electron chi connectivity index (χ3n) is 8.74. The first-order chi connectivity index (χ1) is 22.4. The van der Waals surface area contributed by atoms with Crippen LogP contribution in [0.4, 0.5) is 35.1 Å². The summed E-state index contributed by atoms with van der Waals surface area (Å²) in [6, 6.07) is 10.6. The Kier molecular flexibility index (Phi) is 10.7. The Labute approximate surface area is 268 Å². The zero-order valence-electron chi connectivity index (χ0n) is 25.7. The Morgan fingerprint density at radius 1 is 0.681 bits per heavy atom. The second kappa shape index (κ2) is 14.7. The summed E-state index contributed by atoms with van der Waals surface area (Å²) in [6.07, 6.45) is 9.00. The van der Waals surface area contributed by atoms with Crippen LogP contribution in [0.5, 0.6) is 5.75 Å². The predicted octanol–water partition coefficient (Wildman–Crippen LogP) is 12.4. The Balaban J connectivity index is 1.24. The fourth-order valence-electron chi connectivity index (χ4n) is 6.09. The lowest BCUT2D eigenvalue weighted by atomic mass is 9.79. The molecule has 47 heavy (non-hydrogen) atoms. The highest BCUT2D eigenvalue weighted by molar-refractivity contribution is 5.72. The first-order valence-electron chi connectivity index (χ1n) is 15.7. The molecular weight excluding hydrogens is 624 g/mol. The molecule has 0 atom stereocenters. The molecule has 1 aliphatic carbocycles. The van der Waals surface area contributed by atoms with Gasteiger partial charge in [-0.05, 0) is 96.7 Å². The predicted molar refractivity (Wildman–Crippen MR) is 167 cm³/mol. The molecule has 4 aromatic carbocycles. The lowest BCUT2D eigenvalue weighted by Crippen LogP contribution is -2.23. The van der Waals surface area contributed by atoms with E-state index >= 15 is 13.2 Å². The lowest BCUT2D eigenvalue weighted by Gasteiger charge is -2.26. The summed E-state index contributed by atoms with van der Waals surface area (Å²) in [5.74, 6) is -7.40. The molecule has 9 heteroatoms. The fourth-order valence-corrected chi connectivity index (χ4v) is 6.09. The van der Waals surface area contributed by atoms with E-state index in [4.69, 9.17) is 4.74 Å². The third kappa shape index (κ3) is 8.24. The highest BCUT2D eigenvalue weighted by Crippen LogP contribution is 2.37. The topological polar surface area (TPSA) is 9.23 Å². The molecule has 1 fully saturated rings. The molecule has 0 bridgehead atoms. The SMILES string of the molecule is CCCCCC1CCC(C=Cc2ccc(C(F)(F)Oc3ccc(-c4ccc(-c5cc(F)c(F)c(F)c5)c(F)c4)c(F)c3)c(F)c2)CC1. The molecule has 1 nitrogen and oxygen atoms in total. The molecule has 1 saturated carbocycles. The van der Waals surface area contributed by atoms with E-state index in [0.717, 1.165) is 68.0 Å². The number of halogens is 8. The Morgan fingerprint density at radius 3 is 1.96 bits per heavy atom. The van der Waals surface area contributed by atoms with Gasteiger partial charge in [0.15, 0.2) is 17.5 Å². The Morgan fingerprint density at radius 2 is 1.32 bits per heavy atom. The molecule has 0 aromatic heterocycles. The van der Waals surface area contributed by atoms with Crippen molar-refractivity contribution in [3.05, 3.63) is 119 Å². The van der Waals surface area contributed by atoms with Crippen molar-refractivity contribution in [3.63, 3.8) is 0 Å². The molecular formula is C38H34F8O. The van der Waals surface area contributed by atoms with Crippen LogP contribution >= 0.6 is 0 Å². The zero-order chi connectivity index (χ0) is 33.7. The van der Waals surface area contributed by atoms with Crippen LogP contribution in [-0.4, -0.2) is 0 Å². The van der Waals surface area contributed by atoms with E-state index in [0.29, 0.717) is 29.7 Å². The first-order valence-corrected chi connectivity index (χ1v) is 15.7. The molecule has 0 aliphatic heterocycles. The molecule has 0 amide bonds. The molecule has 5 rings (SSSR count). The van der Waals surface area contributed by atoms with Crippen molar-refractivity contribution >= 4 is 6.08 Å². The van der Waals surface area contributed by atoms with Gasteiger partial charge in [-0.25, -0.2) is 26.3 Å². The molecule has 0 heterocycles. The maximum atomic E-state index is 15.0. The summed E-state index contributed by atoms with van der Waals surface area (Å²) in [5, 5.41) is 0. The second-order valence-electron chi connectivity index (χ2n) is 12.1. The van der Waals surface area contributed by atoms with Gasteiger partial charge in [0, 0.05) is 17.2 Å². The van der Waals surface area contributed by atoms with Crippen LogP contribution in [0.15, 0.2) is 72.8 Å². The van der Waals surface area contributed by atoms with Gasteiger partial charge in [0.1, 0.15) is 23.2 Å². The monoisotopic (exact) mass is 658 g/mol. The van der Waals surface area contributed by atoms with Gasteiger partial charge in [0.2, 0.25) is 0 Å². The highest BCUT2D eigenvalue weighted by atomic mass is 19.3. The number of alkyl halides is 2. The largest absolute Gasteiger partial charge is 0.429 e. The molecule has 0 N–H and O–H groups in total. The average molecular weight is 659 g/mol. The minimum atomic E-state index is -4.14. The van der Waals surface area contributed by atoms with Crippen molar-refractivity contribution in [2.45, 2.75) is 64.4 Å². The molecule has 0 saturated heterocycles. The number of hydrogen-bond donors (Lipinski definition) is 0. The van der Waals surface area contributed by atoms with Gasteiger partial charge in [0.05, 0.1) is 5.56 Å². The number of benzene rings is 4. The zero-order valence-corrected chi connectivity index (χ0v) is 25.7. The maximum absolute atomic E-state index is 15.0. The molecule has 4 aromatic rings. The van der Waals surface area contributed by atoms with E-state index in [-0.39, 0.29) is 22.3 Å². The summed E-state index contributed by atoms with van der Waals surface area (Å²) in [4.78, 5) is 0. The van der Waals surface area contributed by atoms with E-state index in [1.54, 1.807) is 6.08 Å². The van der Waals surface area contributed by atoms with Crippen molar-refractivity contribution in [2.75, 3.05) is 0 Å². The minimum Gasteiger partial charge on any atom is -0.429 e. The van der Waals surface area contributed by atoms with Gasteiger partial charge < -0.3 is 4.74 Å². The normalized spacial score (nSPS) is 17.0. The van der Waals surface area contributed by atoms with Crippen molar-refractivity contribution in [1.82, 2.24) is 0 Å². The van der Waals surface area contributed by atoms with Crippen LogP contribution in [0.1, 0.15) is 69.4 Å². The summed E-state index contributed by atoms with van der Waals surface area (Å²) in [5.41, 5.74) is -1.32. The fraction of sp³-hybridized carbons (Fsp3) is 0.316. The van der Waals surface area contributed by atoms with Gasteiger partial charge in [0.25, 0.3) is 0 Å². The lowest BCUT2D eigenvalue weighted by molar-refractivity contribution is -0.187. The highest BCUT2D eigenvalue weighted by Gasteiger charge is 2.38. The van der Waals surface area contributed by atoms with E-state index in [2.05, 4.69) is 6.92 Å². The standard InChI is InChI=1S/C38H34F8O/c1-2-3-4-5-23-6-8-24(9-7-23)10-11-25-12-17-31(34(41)18-25)38(45,46)47-28-14-16-29(33(40)22-28)26-13-15-30(32(39)19-26)27-20-35(42)37(44)36(43)21-27/h10-24H,2-9H2,1H3. The molecule has 1 aliphatic rings. The van der Waals surface area contributed by atoms with Gasteiger partial charge >= 0.3 is 6.11 Å². The molecule has 0 radical (unpaired) electrons. The van der Waals surface area contributed by atoms with Gasteiger partial charge in [-0.15, -0.1) is 0 Å². The Bertz CT molecular complexity index is 1720. The molecule has 248 valence electrons. The molecule has 0 spiro atoms. The summed E-state index contributed by atoms with van der Waals surface area (Å²) in [6.45, 7) is 2.19. The smallest absolute Gasteiger partial charge is 0.429 e. The van der Waals surface area contributed by atoms with Crippen LogP contribution in [-0.2, 0) is 6.11 Å². The van der Waals surface area contributed by atoms with E-state index in [1.165, 1.54) is 37.8 Å². The van der Waals surface area contributed by atoms with Gasteiger partial charge in [-0.3, -0.25) is 0 Å². The number of unbranched alkanes of at least 4 members (excludes halogenated alkanes) is 2. The van der Waals surface area contributed by atoms with Crippen molar-refractivity contribution in [1.29, 1.82) is 0 Å². The third-order valence-corrected chi connectivity index (χ3v) is 8.74. The minimum absolute atomic E-state index is 0.0141. The van der Waals surface area contributed by atoms with Crippen LogP contribution in [0.25, 0.3) is 28.3 Å². The van der Waals surface area contributed by atoms with Crippen LogP contribution in [0.2, 0.25) is 0 Å². The average Bonchev–Trinajstić information content (AvgIpc) is 3.03. The van der Waals surface area contributed by atoms with Crippen molar-refractivity contribution in [3.8, 4) is 28.0 Å². The second-order valence-corrected chi connectivity index (χ2v) is 12.1. The number of ether oxygens (including phenoxy) is 1. The summed E-state index contributed by atoms with van der Waals surface area (Å²) in [7, 11) is 0. The Hall–Kier alpha value is -4.14. The van der Waals surface area contributed by atoms with Crippen LogP contribution in [0.3, 0.4) is 0 Å². The van der Waals surface area contributed by atoms with E-state index < -0.39 is 52.3 Å². The molecule has 0 unspecified atom stereocenters. The summed E-state index contributed by atoms with van der Waals surface area (Å²) < 4.78 is 120. The van der Waals surface area contributed by atoms with E-state index in [1.807, 2.05) is 6.08 Å². The number of allylic oxidation sites excluding steroid dienone is 1. The van der Waals surface area contributed by atoms with Gasteiger partial charge in [-0.2, -0.15) is 8.78 Å². The van der Waals surface area contributed by atoms with Crippen molar-refractivity contribution < 1.29 is 39.9 Å². The number of rotatable bonds is 11. The quantitative estimate of drug-likeness (QED) is 0.0885. The van der Waals surface area contributed by atoms with Gasteiger partial charge in [-0.1, -0.05) is 63.0 Å². The number of hydrogen-bond acceptors (Lipinski definition) is 1. The summed E-state index contributed by atoms with van der Waals surface area (Å²) >= 11 is 0. The van der Waals surface area contributed by atoms with Crippen LogP contribution < -0.4 is 4.74 Å². The van der Waals surface area contributed by atoms with E-state index in [9.17, 15) is 22.0 Å².